The van der Waals surface area contributed by atoms with Gasteiger partial charge in [0.2, 0.25) is 0 Å². The molecule has 9 heavy (non-hydrogen) atoms. The lowest BCUT2D eigenvalue weighted by molar-refractivity contribution is 1.53. The SMILES string of the molecule is N#C/C=C/C=C1C=C\1Cl. The number of halogens is 1. The predicted molar refractivity (Wildman–Crippen MR) is 36.8 cm³/mol. The van der Waals surface area contributed by atoms with E-state index in [4.69, 9.17) is 16.9 Å². The lowest BCUT2D eigenvalue weighted by atomic mass is 10.4. The van der Waals surface area contributed by atoms with Crippen LogP contribution in [0.4, 0.5) is 0 Å². The van der Waals surface area contributed by atoms with Crippen molar-refractivity contribution in [1.82, 2.24) is 0 Å². The van der Waals surface area contributed by atoms with Crippen LogP contribution in [0.5, 0.6) is 0 Å². The van der Waals surface area contributed by atoms with Gasteiger partial charge in [-0.2, -0.15) is 5.26 Å². The summed E-state index contributed by atoms with van der Waals surface area (Å²) >= 11 is 5.51. The molecule has 2 heteroatoms. The van der Waals surface area contributed by atoms with Crippen molar-refractivity contribution in [3.63, 3.8) is 0 Å². The van der Waals surface area contributed by atoms with Crippen LogP contribution in [0.15, 0.2) is 34.9 Å². The minimum absolute atomic E-state index is 0.789. The van der Waals surface area contributed by atoms with E-state index >= 15 is 0 Å². The fraction of sp³-hybridized carbons (Fsp3) is 0. The summed E-state index contributed by atoms with van der Waals surface area (Å²) in [6, 6.07) is 1.87. The molecule has 0 aromatic rings. The molecule has 0 unspecified atom stereocenters. The van der Waals surface area contributed by atoms with E-state index in [-0.39, 0.29) is 0 Å². The van der Waals surface area contributed by atoms with Crippen LogP contribution >= 0.6 is 11.6 Å². The van der Waals surface area contributed by atoms with Crippen molar-refractivity contribution in [2.75, 3.05) is 0 Å². The summed E-state index contributed by atoms with van der Waals surface area (Å²) in [5.41, 5.74) is 1.02. The monoisotopic (exact) mass is 137 g/mol. The molecular formula is C7H4ClN. The Balaban J connectivity index is 2.39. The minimum Gasteiger partial charge on any atom is -0.193 e. The van der Waals surface area contributed by atoms with E-state index < -0.39 is 0 Å². The molecule has 1 aliphatic rings. The van der Waals surface area contributed by atoms with Gasteiger partial charge in [-0.25, -0.2) is 0 Å². The average Bonchev–Trinajstić information content (AvgIpc) is 2.48. The summed E-state index contributed by atoms with van der Waals surface area (Å²) in [7, 11) is 0. The summed E-state index contributed by atoms with van der Waals surface area (Å²) < 4.78 is 0. The van der Waals surface area contributed by atoms with Gasteiger partial charge in [0.15, 0.2) is 0 Å². The maximum absolute atomic E-state index is 8.05. The van der Waals surface area contributed by atoms with Gasteiger partial charge in [-0.15, -0.1) is 0 Å². The van der Waals surface area contributed by atoms with Crippen molar-refractivity contribution in [3.8, 4) is 6.07 Å². The normalized spacial score (nSPS) is 20.0. The van der Waals surface area contributed by atoms with Gasteiger partial charge in [-0.1, -0.05) is 23.8 Å². The highest BCUT2D eigenvalue weighted by Crippen LogP contribution is 2.30. The number of hydrogen-bond acceptors (Lipinski definition) is 1. The van der Waals surface area contributed by atoms with Gasteiger partial charge in [-0.05, 0) is 11.6 Å². The number of rotatable bonds is 1. The second-order valence-corrected chi connectivity index (χ2v) is 2.01. The quantitative estimate of drug-likeness (QED) is 0.508. The standard InChI is InChI=1S/C7H4ClN/c8-7-5-6(7)3-1-2-4-9/h1-3,5H/b2-1+,6-3+. The van der Waals surface area contributed by atoms with Crippen LogP contribution in [0.25, 0.3) is 0 Å². The molecule has 1 nitrogen and oxygen atoms in total. The fourth-order valence-electron chi connectivity index (χ4n) is 0.423. The maximum atomic E-state index is 8.05. The van der Waals surface area contributed by atoms with Gasteiger partial charge >= 0.3 is 0 Å². The topological polar surface area (TPSA) is 23.8 Å². The van der Waals surface area contributed by atoms with Gasteiger partial charge in [0, 0.05) is 11.1 Å². The number of hydrogen-bond donors (Lipinski definition) is 0. The first-order valence-electron chi connectivity index (χ1n) is 2.48. The van der Waals surface area contributed by atoms with Crippen LogP contribution in [0.1, 0.15) is 0 Å². The van der Waals surface area contributed by atoms with Gasteiger partial charge in [0.25, 0.3) is 0 Å². The molecule has 0 spiro atoms. The average molecular weight is 138 g/mol. The molecule has 0 heterocycles. The predicted octanol–water partition coefficient (Wildman–Crippen LogP) is 2.13. The first kappa shape index (κ1) is 6.12. The van der Waals surface area contributed by atoms with E-state index in [0.717, 1.165) is 10.6 Å². The third-order valence-electron chi connectivity index (χ3n) is 0.921. The number of nitriles is 1. The Bertz CT molecular complexity index is 240. The van der Waals surface area contributed by atoms with Crippen molar-refractivity contribution in [2.45, 2.75) is 0 Å². The van der Waals surface area contributed by atoms with Crippen LogP contribution in [-0.2, 0) is 0 Å². The Morgan fingerprint density at radius 1 is 1.67 bits per heavy atom. The van der Waals surface area contributed by atoms with Crippen molar-refractivity contribution in [2.24, 2.45) is 0 Å². The zero-order valence-corrected chi connectivity index (χ0v) is 5.39. The molecule has 1 aliphatic carbocycles. The number of allylic oxidation sites excluding steroid dienone is 6. The Morgan fingerprint density at radius 3 is 2.78 bits per heavy atom. The molecule has 0 saturated carbocycles. The Morgan fingerprint density at radius 2 is 2.33 bits per heavy atom. The van der Waals surface area contributed by atoms with Crippen molar-refractivity contribution in [3.05, 3.63) is 34.9 Å². The lowest BCUT2D eigenvalue weighted by Gasteiger charge is -1.68. The van der Waals surface area contributed by atoms with E-state index in [2.05, 4.69) is 0 Å². The highest BCUT2D eigenvalue weighted by Gasteiger charge is 2.10. The van der Waals surface area contributed by atoms with Crippen LogP contribution in [0, 0.1) is 11.3 Å². The molecule has 0 fully saturated rings. The molecule has 44 valence electrons. The van der Waals surface area contributed by atoms with Crippen LogP contribution in [0.2, 0.25) is 0 Å². The van der Waals surface area contributed by atoms with Gasteiger partial charge in [0.1, 0.15) is 0 Å². The lowest BCUT2D eigenvalue weighted by Crippen LogP contribution is -1.50. The van der Waals surface area contributed by atoms with Crippen LogP contribution in [-0.4, -0.2) is 0 Å². The second kappa shape index (κ2) is 2.52. The van der Waals surface area contributed by atoms with E-state index in [0.29, 0.717) is 0 Å². The molecule has 0 radical (unpaired) electrons. The van der Waals surface area contributed by atoms with Crippen LogP contribution < -0.4 is 0 Å². The van der Waals surface area contributed by atoms with E-state index in [1.54, 1.807) is 12.2 Å². The summed E-state index contributed by atoms with van der Waals surface area (Å²) in [5, 5.41) is 8.84. The molecule has 0 aromatic heterocycles. The Labute approximate surface area is 58.6 Å². The van der Waals surface area contributed by atoms with E-state index in [9.17, 15) is 0 Å². The summed E-state index contributed by atoms with van der Waals surface area (Å²) in [4.78, 5) is 0. The molecule has 0 aliphatic heterocycles. The van der Waals surface area contributed by atoms with E-state index in [1.165, 1.54) is 6.08 Å². The third-order valence-corrected chi connectivity index (χ3v) is 1.25. The molecule has 0 saturated heterocycles. The first-order valence-corrected chi connectivity index (χ1v) is 2.86. The van der Waals surface area contributed by atoms with Crippen molar-refractivity contribution in [1.29, 1.82) is 5.26 Å². The second-order valence-electron chi connectivity index (χ2n) is 1.60. The van der Waals surface area contributed by atoms with Crippen LogP contribution in [0.3, 0.4) is 0 Å². The molecule has 1 rings (SSSR count). The van der Waals surface area contributed by atoms with Gasteiger partial charge < -0.3 is 0 Å². The molecule has 0 N–H and O–H groups in total. The minimum atomic E-state index is 0.789. The van der Waals surface area contributed by atoms with Crippen molar-refractivity contribution >= 4 is 11.6 Å². The maximum Gasteiger partial charge on any atom is 0.0912 e. The number of nitrogens with zero attached hydrogens (tertiary/aromatic N) is 1. The Hall–Kier alpha value is -1.00. The van der Waals surface area contributed by atoms with E-state index in [1.807, 2.05) is 12.1 Å². The smallest absolute Gasteiger partial charge is 0.0912 e. The first-order chi connectivity index (χ1) is 4.34. The highest BCUT2D eigenvalue weighted by atomic mass is 35.5. The van der Waals surface area contributed by atoms with Gasteiger partial charge in [-0.3, -0.25) is 0 Å². The van der Waals surface area contributed by atoms with Crippen molar-refractivity contribution < 1.29 is 0 Å². The largest absolute Gasteiger partial charge is 0.193 e. The third kappa shape index (κ3) is 1.75. The zero-order chi connectivity index (χ0) is 6.69. The highest BCUT2D eigenvalue weighted by molar-refractivity contribution is 6.36. The molecule has 0 amide bonds. The molecule has 0 atom stereocenters. The Kier molecular flexibility index (Phi) is 1.72. The zero-order valence-electron chi connectivity index (χ0n) is 4.63. The molecule has 0 aromatic carbocycles. The fourth-order valence-corrected chi connectivity index (χ4v) is 0.604. The summed E-state index contributed by atoms with van der Waals surface area (Å²) in [6.07, 6.45) is 6.71. The molecular weight excluding hydrogens is 134 g/mol. The summed E-state index contributed by atoms with van der Waals surface area (Å²) in [5.74, 6) is 0. The summed E-state index contributed by atoms with van der Waals surface area (Å²) in [6.45, 7) is 0. The molecule has 0 bridgehead atoms. The van der Waals surface area contributed by atoms with Gasteiger partial charge in [0.05, 0.1) is 6.07 Å².